The first kappa shape index (κ1) is 19.0. The Bertz CT molecular complexity index is 957. The van der Waals surface area contributed by atoms with Crippen LogP contribution in [0.2, 0.25) is 0 Å². The molecule has 4 nitrogen and oxygen atoms in total. The molecule has 0 aliphatic rings. The maximum atomic E-state index is 13.7. The van der Waals surface area contributed by atoms with E-state index >= 15 is 0 Å². The lowest BCUT2D eigenvalue weighted by molar-refractivity contribution is -0.289. The number of thioether (sulfide) groups is 1. The van der Waals surface area contributed by atoms with Gasteiger partial charge in [0, 0.05) is 16.9 Å². The average molecular weight is 453 g/mol. The van der Waals surface area contributed by atoms with Crippen molar-refractivity contribution < 1.29 is 22.0 Å². The van der Waals surface area contributed by atoms with Crippen LogP contribution in [-0.4, -0.2) is 31.7 Å². The number of aromatic nitrogens is 4. The fourth-order valence-electron chi connectivity index (χ4n) is 2.25. The monoisotopic (exact) mass is 452 g/mol. The molecule has 0 spiro atoms. The summed E-state index contributed by atoms with van der Waals surface area (Å²) in [6, 6.07) is 2.51. The first-order chi connectivity index (χ1) is 12.1. The second-order valence-electron chi connectivity index (χ2n) is 5.17. The first-order valence-electron chi connectivity index (χ1n) is 7.22. The van der Waals surface area contributed by atoms with Crippen molar-refractivity contribution >= 4 is 38.7 Å². The third-order valence-corrected chi connectivity index (χ3v) is 4.77. The van der Waals surface area contributed by atoms with Crippen LogP contribution in [0.25, 0.3) is 16.9 Å². The van der Waals surface area contributed by atoms with Crippen molar-refractivity contribution in [2.45, 2.75) is 23.9 Å². The van der Waals surface area contributed by atoms with E-state index in [2.05, 4.69) is 31.0 Å². The fourth-order valence-corrected chi connectivity index (χ4v) is 3.52. The zero-order chi connectivity index (χ0) is 19.1. The Hall–Kier alpha value is -1.75. The zero-order valence-electron chi connectivity index (χ0n) is 13.1. The molecule has 0 atom stereocenters. The van der Waals surface area contributed by atoms with Crippen LogP contribution >= 0.6 is 27.7 Å². The molecular weight excluding hydrogens is 443 g/mol. The maximum absolute atomic E-state index is 13.7. The molecule has 11 heteroatoms. The number of hydrogen-bond donors (Lipinski definition) is 0. The molecule has 3 aromatic heterocycles. The Kier molecular flexibility index (Phi) is 4.95. The Morgan fingerprint density at radius 1 is 1.08 bits per heavy atom. The maximum Gasteiger partial charge on any atom is 0.458 e. The highest BCUT2D eigenvalue weighted by Crippen LogP contribution is 2.44. The number of rotatable bonds is 4. The molecule has 3 heterocycles. The Labute approximate surface area is 156 Å². The van der Waals surface area contributed by atoms with E-state index in [-0.39, 0.29) is 11.0 Å². The summed E-state index contributed by atoms with van der Waals surface area (Å²) >= 11 is 4.73. The van der Waals surface area contributed by atoms with Gasteiger partial charge in [0.1, 0.15) is 5.52 Å². The van der Waals surface area contributed by atoms with Crippen molar-refractivity contribution in [2.75, 3.05) is 5.75 Å². The van der Waals surface area contributed by atoms with E-state index in [9.17, 15) is 22.0 Å². The van der Waals surface area contributed by atoms with Crippen LogP contribution < -0.4 is 0 Å². The van der Waals surface area contributed by atoms with Gasteiger partial charge >= 0.3 is 12.1 Å². The lowest BCUT2D eigenvalue weighted by Gasteiger charge is -2.19. The highest BCUT2D eigenvalue weighted by atomic mass is 79.9. The number of hydrogen-bond acceptors (Lipinski definition) is 4. The summed E-state index contributed by atoms with van der Waals surface area (Å²) in [5, 5.41) is 4.06. The number of halogens is 6. The lowest BCUT2D eigenvalue weighted by atomic mass is 10.1. The molecular formula is C15H10BrF5N4S. The summed E-state index contributed by atoms with van der Waals surface area (Å²) < 4.78 is 67.2. The molecule has 0 N–H and O–H groups in total. The lowest BCUT2D eigenvalue weighted by Crippen LogP contribution is -2.33. The van der Waals surface area contributed by atoms with Crippen LogP contribution in [0.5, 0.6) is 0 Å². The van der Waals surface area contributed by atoms with Crippen molar-refractivity contribution in [3.05, 3.63) is 40.8 Å². The molecule has 0 fully saturated rings. The molecule has 3 aromatic rings. The Morgan fingerprint density at radius 2 is 1.81 bits per heavy atom. The molecule has 0 aliphatic heterocycles. The fraction of sp³-hybridized carbons (Fsp3) is 0.267. The second kappa shape index (κ2) is 6.76. The Morgan fingerprint density at radius 3 is 2.46 bits per heavy atom. The molecule has 0 aromatic carbocycles. The van der Waals surface area contributed by atoms with Gasteiger partial charge in [-0.3, -0.25) is 4.98 Å². The number of pyridine rings is 2. The van der Waals surface area contributed by atoms with Crippen molar-refractivity contribution in [2.24, 2.45) is 0 Å². The van der Waals surface area contributed by atoms with Crippen molar-refractivity contribution in [1.82, 2.24) is 19.7 Å². The standard InChI is InChI=1S/C15H10BrF5N4S/c1-2-26-12-4-9(16)6-23-13(12)25-11-3-8(5-22-10(11)7-24-25)14(17,18)15(19,20)21/h3-7H,2H2,1H3. The highest BCUT2D eigenvalue weighted by molar-refractivity contribution is 9.10. The van der Waals surface area contributed by atoms with E-state index in [4.69, 9.17) is 0 Å². The van der Waals surface area contributed by atoms with E-state index in [0.29, 0.717) is 27.1 Å². The molecule has 0 saturated carbocycles. The van der Waals surface area contributed by atoms with Crippen LogP contribution in [0.15, 0.2) is 40.1 Å². The largest absolute Gasteiger partial charge is 0.458 e. The summed E-state index contributed by atoms with van der Waals surface area (Å²) in [6.45, 7) is 1.92. The van der Waals surface area contributed by atoms with Gasteiger partial charge in [0.2, 0.25) is 0 Å². The molecule has 0 bridgehead atoms. The summed E-state index contributed by atoms with van der Waals surface area (Å²) in [6.07, 6.45) is -2.43. The quantitative estimate of drug-likeness (QED) is 0.395. The third kappa shape index (κ3) is 3.29. The highest BCUT2D eigenvalue weighted by Gasteiger charge is 2.59. The first-order valence-corrected chi connectivity index (χ1v) is 9.00. The van der Waals surface area contributed by atoms with E-state index in [1.807, 2.05) is 6.92 Å². The van der Waals surface area contributed by atoms with E-state index < -0.39 is 17.7 Å². The van der Waals surface area contributed by atoms with Crippen LogP contribution in [0.4, 0.5) is 22.0 Å². The third-order valence-electron chi connectivity index (χ3n) is 3.44. The molecule has 0 amide bonds. The molecule has 26 heavy (non-hydrogen) atoms. The van der Waals surface area contributed by atoms with E-state index in [1.165, 1.54) is 28.8 Å². The van der Waals surface area contributed by atoms with Gasteiger partial charge < -0.3 is 0 Å². The van der Waals surface area contributed by atoms with Gasteiger partial charge in [0.05, 0.1) is 22.2 Å². The summed E-state index contributed by atoms with van der Waals surface area (Å²) in [5.74, 6) is -3.98. The summed E-state index contributed by atoms with van der Waals surface area (Å²) in [5.41, 5.74) is -1.05. The van der Waals surface area contributed by atoms with Gasteiger partial charge in [0.25, 0.3) is 0 Å². The summed E-state index contributed by atoms with van der Waals surface area (Å²) in [4.78, 5) is 8.61. The van der Waals surface area contributed by atoms with E-state index in [0.717, 1.165) is 6.07 Å². The van der Waals surface area contributed by atoms with Crippen molar-refractivity contribution in [3.63, 3.8) is 0 Å². The van der Waals surface area contributed by atoms with Crippen LogP contribution in [0, 0.1) is 0 Å². The average Bonchev–Trinajstić information content (AvgIpc) is 2.97. The zero-order valence-corrected chi connectivity index (χ0v) is 15.5. The molecule has 0 unspecified atom stereocenters. The SMILES string of the molecule is CCSc1cc(Br)cnc1-n1ncc2ncc(C(F)(F)C(F)(F)F)cc21. The second-order valence-corrected chi connectivity index (χ2v) is 7.39. The minimum Gasteiger partial charge on any atom is -0.252 e. The number of nitrogens with zero attached hydrogens (tertiary/aromatic N) is 4. The minimum absolute atomic E-state index is 0.0131. The molecule has 0 saturated heterocycles. The van der Waals surface area contributed by atoms with Gasteiger partial charge in [-0.1, -0.05) is 6.92 Å². The van der Waals surface area contributed by atoms with Gasteiger partial charge in [-0.2, -0.15) is 27.1 Å². The normalized spacial score (nSPS) is 12.7. The molecule has 138 valence electrons. The van der Waals surface area contributed by atoms with E-state index in [1.54, 1.807) is 6.07 Å². The predicted octanol–water partition coefficient (Wildman–Crippen LogP) is 5.34. The smallest absolute Gasteiger partial charge is 0.252 e. The van der Waals surface area contributed by atoms with Gasteiger partial charge in [-0.25, -0.2) is 9.67 Å². The van der Waals surface area contributed by atoms with Crippen LogP contribution in [0.3, 0.4) is 0 Å². The Balaban J connectivity index is 2.19. The van der Waals surface area contributed by atoms with Crippen LogP contribution in [0.1, 0.15) is 12.5 Å². The van der Waals surface area contributed by atoms with Crippen LogP contribution in [-0.2, 0) is 5.92 Å². The predicted molar refractivity (Wildman–Crippen MR) is 90.7 cm³/mol. The molecule has 0 radical (unpaired) electrons. The van der Waals surface area contributed by atoms with Gasteiger partial charge in [0.15, 0.2) is 5.82 Å². The van der Waals surface area contributed by atoms with Gasteiger partial charge in [-0.05, 0) is 33.8 Å². The topological polar surface area (TPSA) is 43.6 Å². The van der Waals surface area contributed by atoms with Crippen molar-refractivity contribution in [3.8, 4) is 5.82 Å². The molecule has 3 rings (SSSR count). The molecule has 0 aliphatic carbocycles. The summed E-state index contributed by atoms with van der Waals surface area (Å²) in [7, 11) is 0. The minimum atomic E-state index is -5.72. The number of alkyl halides is 5. The van der Waals surface area contributed by atoms with Gasteiger partial charge in [-0.15, -0.1) is 11.8 Å². The van der Waals surface area contributed by atoms with Crippen molar-refractivity contribution in [1.29, 1.82) is 0 Å². The number of fused-ring (bicyclic) bond motifs is 1.